The van der Waals surface area contributed by atoms with Crippen LogP contribution in [0.25, 0.3) is 22.4 Å². The molecule has 1 aliphatic rings. The van der Waals surface area contributed by atoms with E-state index in [2.05, 4.69) is 54.0 Å². The molecule has 1 aliphatic heterocycles. The van der Waals surface area contributed by atoms with Gasteiger partial charge in [0.25, 0.3) is 0 Å². The number of hydrogen-bond donors (Lipinski definition) is 0. The van der Waals surface area contributed by atoms with E-state index in [1.165, 1.54) is 16.6 Å². The van der Waals surface area contributed by atoms with Gasteiger partial charge in [-0.1, -0.05) is 36.4 Å². The van der Waals surface area contributed by atoms with Crippen LogP contribution in [0.15, 0.2) is 48.5 Å². The van der Waals surface area contributed by atoms with Crippen LogP contribution in [0.1, 0.15) is 18.4 Å². The molecule has 0 bridgehead atoms. The van der Waals surface area contributed by atoms with Crippen LogP contribution in [-0.4, -0.2) is 22.3 Å². The largest absolute Gasteiger partial charge is 0.376 e. The van der Waals surface area contributed by atoms with E-state index in [1.54, 1.807) is 0 Å². The first-order valence-electron chi connectivity index (χ1n) is 7.96. The van der Waals surface area contributed by atoms with Gasteiger partial charge < -0.3 is 9.30 Å². The highest BCUT2D eigenvalue weighted by atomic mass is 16.5. The average Bonchev–Trinajstić information content (AvgIpc) is 3.17. The number of benzene rings is 2. The fourth-order valence-corrected chi connectivity index (χ4v) is 3.28. The Morgan fingerprint density at radius 1 is 1.14 bits per heavy atom. The molecule has 1 saturated heterocycles. The predicted molar refractivity (Wildman–Crippen MR) is 88.9 cm³/mol. The first kappa shape index (κ1) is 13.5. The van der Waals surface area contributed by atoms with Crippen molar-refractivity contribution in [2.24, 2.45) is 0 Å². The second kappa shape index (κ2) is 5.58. The van der Waals surface area contributed by atoms with Crippen molar-refractivity contribution in [1.82, 2.24) is 9.55 Å². The summed E-state index contributed by atoms with van der Waals surface area (Å²) in [5.74, 6) is 1.05. The van der Waals surface area contributed by atoms with Gasteiger partial charge in [0.2, 0.25) is 0 Å². The van der Waals surface area contributed by atoms with E-state index in [1.807, 2.05) is 6.07 Å². The van der Waals surface area contributed by atoms with Gasteiger partial charge in [-0.25, -0.2) is 4.98 Å². The minimum atomic E-state index is 0.306. The van der Waals surface area contributed by atoms with Gasteiger partial charge in [-0.05, 0) is 37.5 Å². The first-order valence-corrected chi connectivity index (χ1v) is 7.96. The molecular weight excluding hydrogens is 272 g/mol. The summed E-state index contributed by atoms with van der Waals surface area (Å²) in [5.41, 5.74) is 4.71. The molecule has 112 valence electrons. The highest BCUT2D eigenvalue weighted by Crippen LogP contribution is 2.28. The molecular formula is C19H20N2O. The summed E-state index contributed by atoms with van der Waals surface area (Å²) in [4.78, 5) is 4.89. The molecule has 0 radical (unpaired) electrons. The molecule has 3 heteroatoms. The van der Waals surface area contributed by atoms with Gasteiger partial charge in [0.1, 0.15) is 5.82 Å². The lowest BCUT2D eigenvalue weighted by Gasteiger charge is -2.15. The van der Waals surface area contributed by atoms with Crippen molar-refractivity contribution in [3.05, 3.63) is 54.1 Å². The second-order valence-corrected chi connectivity index (χ2v) is 5.98. The van der Waals surface area contributed by atoms with Crippen LogP contribution in [0.3, 0.4) is 0 Å². The van der Waals surface area contributed by atoms with Crippen LogP contribution in [-0.2, 0) is 11.3 Å². The summed E-state index contributed by atoms with van der Waals surface area (Å²) in [6.45, 7) is 3.91. The molecule has 2 heterocycles. The van der Waals surface area contributed by atoms with Gasteiger partial charge in [-0.15, -0.1) is 0 Å². The molecule has 22 heavy (non-hydrogen) atoms. The van der Waals surface area contributed by atoms with E-state index >= 15 is 0 Å². The summed E-state index contributed by atoms with van der Waals surface area (Å²) in [7, 11) is 0. The van der Waals surface area contributed by atoms with Gasteiger partial charge in [-0.2, -0.15) is 0 Å². The molecule has 2 aromatic carbocycles. The Balaban J connectivity index is 1.87. The SMILES string of the molecule is Cc1ccccc1-c1nc2ccccc2n1CC1CCCO1. The summed E-state index contributed by atoms with van der Waals surface area (Å²) in [6, 6.07) is 16.8. The average molecular weight is 292 g/mol. The van der Waals surface area contributed by atoms with E-state index in [0.717, 1.165) is 37.3 Å². The summed E-state index contributed by atoms with van der Waals surface area (Å²) in [5, 5.41) is 0. The molecule has 4 rings (SSSR count). The van der Waals surface area contributed by atoms with Gasteiger partial charge >= 0.3 is 0 Å². The third-order valence-electron chi connectivity index (χ3n) is 4.45. The molecule has 1 atom stereocenters. The van der Waals surface area contributed by atoms with Gasteiger partial charge in [0, 0.05) is 12.2 Å². The van der Waals surface area contributed by atoms with Gasteiger partial charge in [0.05, 0.1) is 23.7 Å². The smallest absolute Gasteiger partial charge is 0.141 e. The minimum absolute atomic E-state index is 0.306. The number of ether oxygens (including phenoxy) is 1. The van der Waals surface area contributed by atoms with Crippen molar-refractivity contribution < 1.29 is 4.74 Å². The quantitative estimate of drug-likeness (QED) is 0.723. The molecule has 1 fully saturated rings. The highest BCUT2D eigenvalue weighted by molar-refractivity contribution is 5.81. The Bertz CT molecular complexity index is 800. The van der Waals surface area contributed by atoms with E-state index in [0.29, 0.717) is 6.10 Å². The Morgan fingerprint density at radius 2 is 1.95 bits per heavy atom. The third kappa shape index (κ3) is 2.32. The Kier molecular flexibility index (Phi) is 3.43. The lowest BCUT2D eigenvalue weighted by atomic mass is 10.1. The number of hydrogen-bond acceptors (Lipinski definition) is 2. The van der Waals surface area contributed by atoms with Crippen molar-refractivity contribution in [2.75, 3.05) is 6.61 Å². The summed E-state index contributed by atoms with van der Waals surface area (Å²) in [6.07, 6.45) is 2.61. The van der Waals surface area contributed by atoms with Crippen LogP contribution in [0.2, 0.25) is 0 Å². The fourth-order valence-electron chi connectivity index (χ4n) is 3.28. The zero-order chi connectivity index (χ0) is 14.9. The topological polar surface area (TPSA) is 27.1 Å². The first-order chi connectivity index (χ1) is 10.8. The molecule has 1 unspecified atom stereocenters. The Morgan fingerprint density at radius 3 is 2.77 bits per heavy atom. The summed E-state index contributed by atoms with van der Waals surface area (Å²) < 4.78 is 8.17. The molecule has 0 saturated carbocycles. The van der Waals surface area contributed by atoms with Crippen LogP contribution in [0.4, 0.5) is 0 Å². The monoisotopic (exact) mass is 292 g/mol. The van der Waals surface area contributed by atoms with Crippen molar-refractivity contribution in [3.63, 3.8) is 0 Å². The Labute approximate surface area is 130 Å². The predicted octanol–water partition coefficient (Wildman–Crippen LogP) is 4.19. The van der Waals surface area contributed by atoms with Crippen LogP contribution >= 0.6 is 0 Å². The number of imidazole rings is 1. The standard InChI is InChI=1S/C19H20N2O/c1-14-7-2-3-9-16(14)19-20-17-10-4-5-11-18(17)21(19)13-15-8-6-12-22-15/h2-5,7,9-11,15H,6,8,12-13H2,1H3. The minimum Gasteiger partial charge on any atom is -0.376 e. The zero-order valence-corrected chi connectivity index (χ0v) is 12.8. The molecule has 1 aromatic heterocycles. The van der Waals surface area contributed by atoms with Crippen LogP contribution < -0.4 is 0 Å². The Hall–Kier alpha value is -2.13. The third-order valence-corrected chi connectivity index (χ3v) is 4.45. The number of fused-ring (bicyclic) bond motifs is 1. The molecule has 0 spiro atoms. The maximum absolute atomic E-state index is 5.85. The fraction of sp³-hybridized carbons (Fsp3) is 0.316. The van der Waals surface area contributed by atoms with Crippen molar-refractivity contribution in [2.45, 2.75) is 32.4 Å². The summed E-state index contributed by atoms with van der Waals surface area (Å²) >= 11 is 0. The number of rotatable bonds is 3. The van der Waals surface area contributed by atoms with Gasteiger partial charge in [0.15, 0.2) is 0 Å². The number of aryl methyl sites for hydroxylation is 1. The van der Waals surface area contributed by atoms with E-state index < -0.39 is 0 Å². The number of nitrogens with zero attached hydrogens (tertiary/aromatic N) is 2. The molecule has 0 amide bonds. The van der Waals surface area contributed by atoms with Crippen molar-refractivity contribution in [1.29, 1.82) is 0 Å². The highest BCUT2D eigenvalue weighted by Gasteiger charge is 2.20. The van der Waals surface area contributed by atoms with E-state index in [9.17, 15) is 0 Å². The maximum Gasteiger partial charge on any atom is 0.141 e. The maximum atomic E-state index is 5.85. The lowest BCUT2D eigenvalue weighted by molar-refractivity contribution is 0.0982. The van der Waals surface area contributed by atoms with Crippen LogP contribution in [0.5, 0.6) is 0 Å². The van der Waals surface area contributed by atoms with Crippen molar-refractivity contribution in [3.8, 4) is 11.4 Å². The lowest BCUT2D eigenvalue weighted by Crippen LogP contribution is -2.15. The number of para-hydroxylation sites is 2. The molecule has 0 aliphatic carbocycles. The molecule has 0 N–H and O–H groups in total. The van der Waals surface area contributed by atoms with Crippen LogP contribution in [0, 0.1) is 6.92 Å². The molecule has 3 aromatic rings. The number of aromatic nitrogens is 2. The zero-order valence-electron chi connectivity index (χ0n) is 12.8. The normalized spacial score (nSPS) is 18.1. The van der Waals surface area contributed by atoms with E-state index in [-0.39, 0.29) is 0 Å². The van der Waals surface area contributed by atoms with Crippen molar-refractivity contribution >= 4 is 11.0 Å². The second-order valence-electron chi connectivity index (χ2n) is 5.98. The molecule has 3 nitrogen and oxygen atoms in total. The van der Waals surface area contributed by atoms with E-state index in [4.69, 9.17) is 9.72 Å². The van der Waals surface area contributed by atoms with Gasteiger partial charge in [-0.3, -0.25) is 0 Å².